The van der Waals surface area contributed by atoms with Crippen LogP contribution in [0.5, 0.6) is 0 Å². The Morgan fingerprint density at radius 2 is 2.14 bits per heavy atom. The molecule has 8 heteroatoms. The summed E-state index contributed by atoms with van der Waals surface area (Å²) in [7, 11) is 0. The summed E-state index contributed by atoms with van der Waals surface area (Å²) in [5, 5.41) is 2.73. The zero-order valence-electron chi connectivity index (χ0n) is 11.9. The van der Waals surface area contributed by atoms with Crippen molar-refractivity contribution >= 4 is 23.8 Å². The molecule has 1 spiro atoms. The predicted octanol–water partition coefficient (Wildman–Crippen LogP) is -0.484. The minimum atomic E-state index is -0.903. The zero-order valence-corrected chi connectivity index (χ0v) is 11.9. The van der Waals surface area contributed by atoms with Crippen molar-refractivity contribution in [2.24, 2.45) is 11.7 Å². The van der Waals surface area contributed by atoms with Gasteiger partial charge in [-0.15, -0.1) is 0 Å². The highest BCUT2D eigenvalue weighted by Crippen LogP contribution is 2.38. The van der Waals surface area contributed by atoms with Gasteiger partial charge in [0, 0.05) is 0 Å². The van der Waals surface area contributed by atoms with Crippen LogP contribution in [-0.2, 0) is 19.1 Å². The summed E-state index contributed by atoms with van der Waals surface area (Å²) in [4.78, 5) is 47.4. The molecule has 1 saturated carbocycles. The van der Waals surface area contributed by atoms with Crippen LogP contribution in [0.4, 0.5) is 4.79 Å². The minimum absolute atomic E-state index is 0.0225. The lowest BCUT2D eigenvalue weighted by Crippen LogP contribution is -2.54. The average Bonchev–Trinajstić information content (AvgIpc) is 2.65. The van der Waals surface area contributed by atoms with Crippen molar-refractivity contribution in [2.75, 3.05) is 13.2 Å². The quantitative estimate of drug-likeness (QED) is 0.536. The van der Waals surface area contributed by atoms with Gasteiger partial charge in [-0.25, -0.2) is 4.79 Å². The lowest BCUT2D eigenvalue weighted by molar-refractivity contribution is -0.151. The van der Waals surface area contributed by atoms with Gasteiger partial charge in [0.25, 0.3) is 11.8 Å². The maximum Gasteiger partial charge on any atom is 0.326 e. The third kappa shape index (κ3) is 2.84. The Balaban J connectivity index is 2.05. The van der Waals surface area contributed by atoms with Crippen LogP contribution in [0.15, 0.2) is 0 Å². The molecule has 1 heterocycles. The number of primary amides is 1. The van der Waals surface area contributed by atoms with Crippen molar-refractivity contribution in [2.45, 2.75) is 38.1 Å². The first kappa shape index (κ1) is 15.3. The molecule has 2 aliphatic rings. The van der Waals surface area contributed by atoms with Crippen LogP contribution in [0.25, 0.3) is 0 Å². The van der Waals surface area contributed by atoms with Crippen LogP contribution in [0.2, 0.25) is 0 Å². The predicted molar refractivity (Wildman–Crippen MR) is 70.8 cm³/mol. The van der Waals surface area contributed by atoms with Crippen LogP contribution in [-0.4, -0.2) is 47.4 Å². The number of nitrogens with one attached hydrogen (secondary N) is 1. The molecule has 0 bridgehead atoms. The first-order chi connectivity index (χ1) is 9.86. The van der Waals surface area contributed by atoms with Gasteiger partial charge in [-0.05, 0) is 18.8 Å². The van der Waals surface area contributed by atoms with Crippen LogP contribution in [0, 0.1) is 5.92 Å². The van der Waals surface area contributed by atoms with Gasteiger partial charge in [0.1, 0.15) is 12.1 Å². The van der Waals surface area contributed by atoms with E-state index < -0.39 is 42.5 Å². The smallest absolute Gasteiger partial charge is 0.326 e. The van der Waals surface area contributed by atoms with Gasteiger partial charge >= 0.3 is 12.0 Å². The summed E-state index contributed by atoms with van der Waals surface area (Å²) in [6.07, 6.45) is 3.31. The molecule has 0 aromatic heterocycles. The molecule has 1 aliphatic heterocycles. The van der Waals surface area contributed by atoms with E-state index in [0.717, 1.165) is 24.2 Å². The number of esters is 1. The molecule has 0 aromatic rings. The standard InChI is InChI=1S/C13H19N3O5/c1-8-4-2-3-5-13(8)11(19)16(12(20)15-13)6-10(18)21-7-9(14)17/h8H,2-7H2,1H3,(H2,14,17)(H,15,20)/t8-,13-/m0/s1. The number of carbonyl (C=O) groups is 4. The molecule has 1 aliphatic carbocycles. The van der Waals surface area contributed by atoms with E-state index in [1.807, 2.05) is 6.92 Å². The van der Waals surface area contributed by atoms with E-state index in [1.54, 1.807) is 0 Å². The number of imide groups is 1. The highest BCUT2D eigenvalue weighted by Gasteiger charge is 2.55. The number of urea groups is 1. The number of amides is 4. The van der Waals surface area contributed by atoms with E-state index in [0.29, 0.717) is 6.42 Å². The third-order valence-electron chi connectivity index (χ3n) is 4.16. The Hall–Kier alpha value is -2.12. The number of hydrogen-bond acceptors (Lipinski definition) is 5. The molecular formula is C13H19N3O5. The molecule has 4 amide bonds. The Morgan fingerprint density at radius 3 is 2.76 bits per heavy atom. The second kappa shape index (κ2) is 5.71. The highest BCUT2D eigenvalue weighted by atomic mass is 16.5. The van der Waals surface area contributed by atoms with Crippen molar-refractivity contribution in [1.29, 1.82) is 0 Å². The second-order valence-corrected chi connectivity index (χ2v) is 5.57. The van der Waals surface area contributed by atoms with E-state index in [1.165, 1.54) is 0 Å². The van der Waals surface area contributed by atoms with Gasteiger partial charge < -0.3 is 15.8 Å². The summed E-state index contributed by atoms with van der Waals surface area (Å²) in [6, 6.07) is -0.593. The normalized spacial score (nSPS) is 28.6. The summed E-state index contributed by atoms with van der Waals surface area (Å²) in [5.74, 6) is -2.00. The SMILES string of the molecule is C[C@H]1CCCC[C@]12NC(=O)N(CC(=O)OCC(N)=O)C2=O. The largest absolute Gasteiger partial charge is 0.454 e. The maximum atomic E-state index is 12.5. The molecule has 21 heavy (non-hydrogen) atoms. The molecule has 116 valence electrons. The van der Waals surface area contributed by atoms with Crippen molar-refractivity contribution in [3.05, 3.63) is 0 Å². The third-order valence-corrected chi connectivity index (χ3v) is 4.16. The van der Waals surface area contributed by atoms with E-state index in [-0.39, 0.29) is 5.92 Å². The fourth-order valence-electron chi connectivity index (χ4n) is 2.97. The Kier molecular flexibility index (Phi) is 4.15. The van der Waals surface area contributed by atoms with Crippen molar-refractivity contribution in [3.63, 3.8) is 0 Å². The number of ether oxygens (including phenoxy) is 1. The Bertz CT molecular complexity index is 492. The lowest BCUT2D eigenvalue weighted by Gasteiger charge is -2.36. The molecule has 1 saturated heterocycles. The topological polar surface area (TPSA) is 119 Å². The number of rotatable bonds is 4. The first-order valence-corrected chi connectivity index (χ1v) is 6.95. The molecule has 0 aromatic carbocycles. The lowest BCUT2D eigenvalue weighted by atomic mass is 9.73. The molecule has 2 atom stereocenters. The van der Waals surface area contributed by atoms with Crippen LogP contribution in [0.3, 0.4) is 0 Å². The molecule has 2 fully saturated rings. The number of nitrogens with two attached hydrogens (primary N) is 1. The highest BCUT2D eigenvalue weighted by molar-refractivity contribution is 6.09. The zero-order chi connectivity index (χ0) is 15.6. The Labute approximate surface area is 122 Å². The molecule has 8 nitrogen and oxygen atoms in total. The summed E-state index contributed by atoms with van der Waals surface area (Å²) < 4.78 is 4.58. The number of carbonyl (C=O) groups excluding carboxylic acids is 4. The second-order valence-electron chi connectivity index (χ2n) is 5.57. The number of hydrogen-bond donors (Lipinski definition) is 2. The minimum Gasteiger partial charge on any atom is -0.454 e. The molecule has 2 rings (SSSR count). The molecule has 0 radical (unpaired) electrons. The van der Waals surface area contributed by atoms with Gasteiger partial charge in [0.2, 0.25) is 0 Å². The van der Waals surface area contributed by atoms with Gasteiger partial charge in [-0.1, -0.05) is 19.8 Å². The van der Waals surface area contributed by atoms with Crippen LogP contribution >= 0.6 is 0 Å². The van der Waals surface area contributed by atoms with Crippen LogP contribution in [0.1, 0.15) is 32.6 Å². The van der Waals surface area contributed by atoms with Crippen LogP contribution < -0.4 is 11.1 Å². The number of nitrogens with zero attached hydrogens (tertiary/aromatic N) is 1. The fraction of sp³-hybridized carbons (Fsp3) is 0.692. The monoisotopic (exact) mass is 297 g/mol. The van der Waals surface area contributed by atoms with Crippen molar-refractivity contribution in [3.8, 4) is 0 Å². The summed E-state index contributed by atoms with van der Waals surface area (Å²) in [6.45, 7) is 0.850. The average molecular weight is 297 g/mol. The molecule has 3 N–H and O–H groups in total. The van der Waals surface area contributed by atoms with E-state index in [2.05, 4.69) is 10.1 Å². The van der Waals surface area contributed by atoms with E-state index >= 15 is 0 Å². The van der Waals surface area contributed by atoms with Gasteiger partial charge in [-0.3, -0.25) is 19.3 Å². The maximum absolute atomic E-state index is 12.5. The fourth-order valence-corrected chi connectivity index (χ4v) is 2.97. The summed E-state index contributed by atoms with van der Waals surface area (Å²) in [5.41, 5.74) is 3.95. The molecular weight excluding hydrogens is 278 g/mol. The Morgan fingerprint density at radius 1 is 1.43 bits per heavy atom. The molecule has 0 unspecified atom stereocenters. The van der Waals surface area contributed by atoms with Gasteiger partial charge in [0.05, 0.1) is 0 Å². The first-order valence-electron chi connectivity index (χ1n) is 6.95. The van der Waals surface area contributed by atoms with E-state index in [4.69, 9.17) is 5.73 Å². The van der Waals surface area contributed by atoms with E-state index in [9.17, 15) is 19.2 Å². The van der Waals surface area contributed by atoms with Crippen molar-refractivity contribution in [1.82, 2.24) is 10.2 Å². The van der Waals surface area contributed by atoms with Crippen molar-refractivity contribution < 1.29 is 23.9 Å². The van der Waals surface area contributed by atoms with Gasteiger partial charge in [0.15, 0.2) is 6.61 Å². The van der Waals surface area contributed by atoms with Gasteiger partial charge in [-0.2, -0.15) is 0 Å². The summed E-state index contributed by atoms with van der Waals surface area (Å²) >= 11 is 0.